The number of tetrazole rings is 1. The zero-order chi connectivity index (χ0) is 24.6. The molecule has 180 valence electrons. The van der Waals surface area contributed by atoms with Crippen molar-refractivity contribution in [3.05, 3.63) is 70.8 Å². The smallest absolute Gasteiger partial charge is 0.361 e. The lowest BCUT2D eigenvalue weighted by Crippen LogP contribution is -2.16. The van der Waals surface area contributed by atoms with Gasteiger partial charge in [-0.3, -0.25) is 0 Å². The highest BCUT2D eigenvalue weighted by Crippen LogP contribution is 2.30. The van der Waals surface area contributed by atoms with Crippen molar-refractivity contribution in [2.45, 2.75) is 32.7 Å². The number of hydrogen-bond acceptors (Lipinski definition) is 8. The fourth-order valence-electron chi connectivity index (χ4n) is 3.72. The third kappa shape index (κ3) is 5.55. The van der Waals surface area contributed by atoms with Crippen LogP contribution in [0, 0.1) is 0 Å². The maximum atomic E-state index is 12.7. The maximum absolute atomic E-state index is 12.7. The highest BCUT2D eigenvalue weighted by atomic mass is 35.5. The number of aromatic nitrogens is 6. The molecule has 10 nitrogen and oxygen atoms in total. The molecule has 2 aromatic carbocycles. The number of imidazole rings is 1. The van der Waals surface area contributed by atoms with E-state index in [4.69, 9.17) is 16.3 Å². The summed E-state index contributed by atoms with van der Waals surface area (Å²) in [6.07, 6.45) is 2.58. The molecule has 0 aliphatic rings. The second-order valence-electron chi connectivity index (χ2n) is 7.64. The van der Waals surface area contributed by atoms with Crippen LogP contribution in [0.25, 0.3) is 22.5 Å². The van der Waals surface area contributed by atoms with E-state index in [-0.39, 0.29) is 17.6 Å². The first-order valence-corrected chi connectivity index (χ1v) is 11.4. The van der Waals surface area contributed by atoms with Crippen LogP contribution in [0.15, 0.2) is 53.7 Å². The van der Waals surface area contributed by atoms with Crippen molar-refractivity contribution < 1.29 is 14.4 Å². The van der Waals surface area contributed by atoms with Crippen molar-refractivity contribution in [3.63, 3.8) is 0 Å². The molecule has 0 saturated carbocycles. The van der Waals surface area contributed by atoms with Gasteiger partial charge >= 0.3 is 5.97 Å². The van der Waals surface area contributed by atoms with Gasteiger partial charge in [-0.05, 0) is 28.3 Å². The number of hydrogen-bond donors (Lipinski definition) is 1. The maximum Gasteiger partial charge on any atom is 0.361 e. The zero-order valence-electron chi connectivity index (χ0n) is 19.1. The van der Waals surface area contributed by atoms with Crippen LogP contribution in [0.5, 0.6) is 0 Å². The van der Waals surface area contributed by atoms with E-state index in [1.54, 1.807) is 4.57 Å². The number of unbranched alkanes of at least 4 members (excludes halogenated alkanes) is 1. The molecule has 1 N–H and O–H groups in total. The molecule has 0 spiro atoms. The lowest BCUT2D eigenvalue weighted by Gasteiger charge is -2.13. The molecule has 0 aliphatic heterocycles. The number of aryl methyl sites for hydroxylation is 1. The summed E-state index contributed by atoms with van der Waals surface area (Å²) in [7, 11) is 0. The van der Waals surface area contributed by atoms with Crippen molar-refractivity contribution in [1.82, 2.24) is 30.2 Å². The number of nitrogens with one attached hydrogen (secondary N) is 1. The first kappa shape index (κ1) is 24.1. The third-order valence-corrected chi connectivity index (χ3v) is 5.67. The molecule has 0 amide bonds. The van der Waals surface area contributed by atoms with Crippen LogP contribution < -0.4 is 0 Å². The average molecular weight is 494 g/mol. The highest BCUT2D eigenvalue weighted by Gasteiger charge is 2.23. The first-order chi connectivity index (χ1) is 17.1. The number of esters is 1. The number of aromatic amines is 1. The fourth-order valence-corrected chi connectivity index (χ4v) is 4.00. The Balaban J connectivity index is 1.62. The molecule has 4 aromatic rings. The highest BCUT2D eigenvalue weighted by molar-refractivity contribution is 6.32. The summed E-state index contributed by atoms with van der Waals surface area (Å²) in [5, 5.41) is 17.7. The van der Waals surface area contributed by atoms with E-state index in [0.717, 1.165) is 40.9 Å². The number of H-pyrrole nitrogens is 1. The minimum absolute atomic E-state index is 0.0957. The number of carbonyl (C=O) groups excluding carboxylic acids is 1. The van der Waals surface area contributed by atoms with E-state index in [9.17, 15) is 4.79 Å². The minimum atomic E-state index is -0.639. The van der Waals surface area contributed by atoms with Crippen molar-refractivity contribution in [2.75, 3.05) is 6.79 Å². The summed E-state index contributed by atoms with van der Waals surface area (Å²) < 4.78 is 6.91. The third-order valence-electron chi connectivity index (χ3n) is 5.40. The molecule has 0 saturated heterocycles. The van der Waals surface area contributed by atoms with Gasteiger partial charge in [0.2, 0.25) is 5.82 Å². The van der Waals surface area contributed by atoms with Gasteiger partial charge in [0.1, 0.15) is 5.82 Å². The summed E-state index contributed by atoms with van der Waals surface area (Å²) in [4.78, 5) is 21.8. The summed E-state index contributed by atoms with van der Waals surface area (Å²) in [6, 6.07) is 15.9. The molecule has 0 aliphatic carbocycles. The Labute approximate surface area is 206 Å². The van der Waals surface area contributed by atoms with Crippen LogP contribution in [0.4, 0.5) is 0 Å². The van der Waals surface area contributed by atoms with Gasteiger partial charge in [0.15, 0.2) is 10.8 Å². The van der Waals surface area contributed by atoms with Crippen LogP contribution in [0.2, 0.25) is 5.15 Å². The van der Waals surface area contributed by atoms with Crippen LogP contribution in [0.3, 0.4) is 0 Å². The molecule has 2 heterocycles. The molecule has 0 unspecified atom stereocenters. The number of oxime groups is 1. The van der Waals surface area contributed by atoms with E-state index >= 15 is 0 Å². The molecule has 0 fully saturated rings. The fraction of sp³-hybridized carbons (Fsp3) is 0.250. The number of benzene rings is 2. The van der Waals surface area contributed by atoms with Crippen LogP contribution in [-0.4, -0.2) is 49.7 Å². The Kier molecular flexibility index (Phi) is 7.84. The molecule has 0 atom stereocenters. The number of nitrogens with zero attached hydrogens (tertiary/aromatic N) is 6. The largest absolute Gasteiger partial charge is 0.421 e. The Hall–Kier alpha value is -4.05. The number of halogens is 1. The molecule has 11 heteroatoms. The topological polar surface area (TPSA) is 120 Å². The molecular weight excluding hydrogens is 470 g/mol. The summed E-state index contributed by atoms with van der Waals surface area (Å²) in [5.41, 5.74) is 4.00. The predicted molar refractivity (Wildman–Crippen MR) is 131 cm³/mol. The van der Waals surface area contributed by atoms with Gasteiger partial charge in [-0.2, -0.15) is 5.21 Å². The zero-order valence-corrected chi connectivity index (χ0v) is 19.9. The molecule has 2 aromatic heterocycles. The number of carbonyl (C=O) groups is 1. The first-order valence-electron chi connectivity index (χ1n) is 11.0. The van der Waals surface area contributed by atoms with Gasteiger partial charge in [-0.1, -0.05) is 78.6 Å². The molecule has 4 rings (SSSR count). The lowest BCUT2D eigenvalue weighted by atomic mass is 9.98. The monoisotopic (exact) mass is 493 g/mol. The second-order valence-corrected chi connectivity index (χ2v) is 8.00. The van der Waals surface area contributed by atoms with Crippen LogP contribution in [0.1, 0.15) is 41.6 Å². The van der Waals surface area contributed by atoms with Gasteiger partial charge in [-0.15, -0.1) is 10.2 Å². The Morgan fingerprint density at radius 1 is 1.17 bits per heavy atom. The molecular formula is C24H24ClN7O3. The minimum Gasteiger partial charge on any atom is -0.421 e. The molecule has 35 heavy (non-hydrogen) atoms. The second kappa shape index (κ2) is 11.4. The van der Waals surface area contributed by atoms with Crippen LogP contribution >= 0.6 is 11.6 Å². The average Bonchev–Trinajstić information content (AvgIpc) is 3.51. The lowest BCUT2D eigenvalue weighted by molar-refractivity contribution is -0.0297. The van der Waals surface area contributed by atoms with Gasteiger partial charge < -0.3 is 14.1 Å². The van der Waals surface area contributed by atoms with Gasteiger partial charge in [0.05, 0.1) is 0 Å². The van der Waals surface area contributed by atoms with E-state index in [1.807, 2.05) is 48.5 Å². The van der Waals surface area contributed by atoms with Gasteiger partial charge in [0, 0.05) is 25.2 Å². The van der Waals surface area contributed by atoms with Crippen molar-refractivity contribution >= 4 is 24.3 Å². The molecule has 0 radical (unpaired) electrons. The SMILES string of the molecule is C=NOCOC(=O)c1c(Cl)nc(CCCC)n1Cc1ccc(-c2ccccc2-c2nn[nH]n2)cc1. The normalized spacial score (nSPS) is 10.8. The van der Waals surface area contributed by atoms with Crippen LogP contribution in [-0.2, 0) is 22.5 Å². The van der Waals surface area contributed by atoms with Crippen molar-refractivity contribution in [1.29, 1.82) is 0 Å². The van der Waals surface area contributed by atoms with Gasteiger partial charge in [0.25, 0.3) is 6.79 Å². The Morgan fingerprint density at radius 3 is 2.63 bits per heavy atom. The quantitative estimate of drug-likeness (QED) is 0.107. The summed E-state index contributed by atoms with van der Waals surface area (Å²) >= 11 is 6.35. The summed E-state index contributed by atoms with van der Waals surface area (Å²) in [6.45, 7) is 5.32. The summed E-state index contributed by atoms with van der Waals surface area (Å²) in [5.74, 6) is 0.606. The standard InChI is InChI=1S/C24H24ClN7O3/c1-3-4-9-20-27-22(25)21(24(33)34-15-35-26-2)32(20)14-16-10-12-17(13-11-16)18-7-5-6-8-19(18)23-28-30-31-29-23/h5-8,10-13H,2-4,9,14-15H2,1H3,(H,28,29,30,31). The van der Waals surface area contributed by atoms with E-state index in [1.165, 1.54) is 0 Å². The van der Waals surface area contributed by atoms with E-state index in [0.29, 0.717) is 18.8 Å². The number of rotatable bonds is 11. The van der Waals surface area contributed by atoms with E-state index in [2.05, 4.69) is 49.2 Å². The van der Waals surface area contributed by atoms with Crippen molar-refractivity contribution in [2.24, 2.45) is 5.16 Å². The van der Waals surface area contributed by atoms with E-state index < -0.39 is 5.97 Å². The Morgan fingerprint density at radius 2 is 1.94 bits per heavy atom. The Bertz CT molecular complexity index is 1290. The van der Waals surface area contributed by atoms with Crippen molar-refractivity contribution in [3.8, 4) is 22.5 Å². The molecule has 0 bridgehead atoms. The van der Waals surface area contributed by atoms with Gasteiger partial charge in [-0.25, -0.2) is 9.78 Å². The predicted octanol–water partition coefficient (Wildman–Crippen LogP) is 4.52. The number of ether oxygens (including phenoxy) is 1.